The van der Waals surface area contributed by atoms with Gasteiger partial charge in [0, 0.05) is 31.1 Å². The maximum Gasteiger partial charge on any atom is 0.326 e. The number of rotatable bonds is 6. The monoisotopic (exact) mass is 344 g/mol. The summed E-state index contributed by atoms with van der Waals surface area (Å²) in [6, 6.07) is 5.91. The van der Waals surface area contributed by atoms with Crippen LogP contribution in [0.5, 0.6) is 0 Å². The summed E-state index contributed by atoms with van der Waals surface area (Å²) in [6.07, 6.45) is -0.0220. The lowest BCUT2D eigenvalue weighted by atomic mass is 10.2. The molecule has 0 radical (unpaired) electrons. The third-order valence-corrected chi connectivity index (χ3v) is 3.16. The molecule has 0 aliphatic heterocycles. The fraction of sp³-hybridized carbons (Fsp3) is 0.385. The first-order valence-electron chi connectivity index (χ1n) is 6.03. The minimum absolute atomic E-state index is 0.0220. The van der Waals surface area contributed by atoms with Gasteiger partial charge in [0.15, 0.2) is 0 Å². The number of benzene rings is 1. The van der Waals surface area contributed by atoms with E-state index >= 15 is 0 Å². The Bertz CT molecular complexity index is 481. The van der Waals surface area contributed by atoms with Crippen LogP contribution in [0.3, 0.4) is 0 Å². The summed E-state index contributed by atoms with van der Waals surface area (Å²) in [5.74, 6) is -1.16. The number of amides is 2. The van der Waals surface area contributed by atoms with Crippen LogP contribution < -0.4 is 5.32 Å². The number of urea groups is 1. The zero-order valence-electron chi connectivity index (χ0n) is 11.0. The molecule has 3 N–H and O–H groups in total. The molecular weight excluding hydrogens is 328 g/mol. The van der Waals surface area contributed by atoms with Crippen LogP contribution >= 0.6 is 15.9 Å². The average Bonchev–Trinajstić information content (AvgIpc) is 2.37. The third-order valence-electron chi connectivity index (χ3n) is 2.67. The zero-order valence-corrected chi connectivity index (χ0v) is 12.6. The Kier molecular flexibility index (Phi) is 6.47. The van der Waals surface area contributed by atoms with Crippen molar-refractivity contribution in [2.45, 2.75) is 19.0 Å². The molecule has 0 heterocycles. The summed E-state index contributed by atoms with van der Waals surface area (Å²) in [5, 5.41) is 20.0. The highest BCUT2D eigenvalue weighted by molar-refractivity contribution is 9.10. The van der Waals surface area contributed by atoms with Gasteiger partial charge in [-0.1, -0.05) is 28.1 Å². The number of aliphatic carboxylic acids is 1. The third kappa shape index (κ3) is 5.18. The highest BCUT2D eigenvalue weighted by atomic mass is 79.9. The van der Waals surface area contributed by atoms with Gasteiger partial charge in [0.25, 0.3) is 0 Å². The SMILES string of the molecule is CN(Cc1cccc(Br)c1)C(=O)N[C@H](CCO)C(=O)O. The molecule has 1 aromatic rings. The van der Waals surface area contributed by atoms with Crippen LogP contribution in [-0.4, -0.2) is 46.8 Å². The van der Waals surface area contributed by atoms with Crippen molar-refractivity contribution in [1.82, 2.24) is 10.2 Å². The molecule has 0 unspecified atom stereocenters. The number of nitrogens with one attached hydrogen (secondary N) is 1. The van der Waals surface area contributed by atoms with E-state index in [-0.39, 0.29) is 13.0 Å². The lowest BCUT2D eigenvalue weighted by Crippen LogP contribution is -2.46. The first-order chi connectivity index (χ1) is 9.43. The van der Waals surface area contributed by atoms with Crippen LogP contribution in [0, 0.1) is 0 Å². The summed E-state index contributed by atoms with van der Waals surface area (Å²) in [5.41, 5.74) is 0.922. The van der Waals surface area contributed by atoms with E-state index in [4.69, 9.17) is 10.2 Å². The molecule has 1 atom stereocenters. The number of hydrogen-bond acceptors (Lipinski definition) is 3. The number of aliphatic hydroxyl groups is 1. The van der Waals surface area contributed by atoms with Crippen LogP contribution in [0.2, 0.25) is 0 Å². The van der Waals surface area contributed by atoms with E-state index in [0.717, 1.165) is 10.0 Å². The summed E-state index contributed by atoms with van der Waals surface area (Å²) in [6.45, 7) is 0.0589. The number of nitrogens with zero attached hydrogens (tertiary/aromatic N) is 1. The molecule has 2 amide bonds. The Morgan fingerprint density at radius 1 is 1.45 bits per heavy atom. The number of carbonyl (C=O) groups is 2. The predicted octanol–water partition coefficient (Wildman–Crippen LogP) is 1.43. The second-order valence-corrected chi connectivity index (χ2v) is 5.25. The second-order valence-electron chi connectivity index (χ2n) is 4.34. The highest BCUT2D eigenvalue weighted by Gasteiger charge is 2.21. The van der Waals surface area contributed by atoms with Crippen molar-refractivity contribution in [3.05, 3.63) is 34.3 Å². The van der Waals surface area contributed by atoms with E-state index in [9.17, 15) is 9.59 Å². The smallest absolute Gasteiger partial charge is 0.326 e. The van der Waals surface area contributed by atoms with Gasteiger partial charge in [-0.3, -0.25) is 0 Å². The van der Waals surface area contributed by atoms with Crippen molar-refractivity contribution in [3.8, 4) is 0 Å². The quantitative estimate of drug-likeness (QED) is 0.728. The van der Waals surface area contributed by atoms with E-state index in [1.165, 1.54) is 4.90 Å². The number of halogens is 1. The first kappa shape index (κ1) is 16.5. The minimum atomic E-state index is -1.16. The van der Waals surface area contributed by atoms with Crippen LogP contribution in [0.1, 0.15) is 12.0 Å². The number of carboxylic acids is 1. The van der Waals surface area contributed by atoms with Gasteiger partial charge in [-0.15, -0.1) is 0 Å². The topological polar surface area (TPSA) is 89.9 Å². The zero-order chi connectivity index (χ0) is 15.1. The van der Waals surface area contributed by atoms with Crippen LogP contribution in [-0.2, 0) is 11.3 Å². The van der Waals surface area contributed by atoms with E-state index in [1.54, 1.807) is 7.05 Å². The summed E-state index contributed by atoms with van der Waals surface area (Å²) in [7, 11) is 1.58. The van der Waals surface area contributed by atoms with Crippen LogP contribution in [0.4, 0.5) is 4.79 Å². The fourth-order valence-electron chi connectivity index (χ4n) is 1.63. The Hall–Kier alpha value is -1.60. The molecule has 1 rings (SSSR count). The molecule has 0 saturated heterocycles. The molecule has 0 aliphatic rings. The molecule has 7 heteroatoms. The van der Waals surface area contributed by atoms with E-state index < -0.39 is 18.0 Å². The Morgan fingerprint density at radius 3 is 2.70 bits per heavy atom. The van der Waals surface area contributed by atoms with E-state index in [1.807, 2.05) is 24.3 Å². The molecule has 0 fully saturated rings. The van der Waals surface area contributed by atoms with Crippen molar-refractivity contribution >= 4 is 27.9 Å². The van der Waals surface area contributed by atoms with Crippen LogP contribution in [0.15, 0.2) is 28.7 Å². The lowest BCUT2D eigenvalue weighted by Gasteiger charge is -2.21. The first-order valence-corrected chi connectivity index (χ1v) is 6.83. The fourth-order valence-corrected chi connectivity index (χ4v) is 2.07. The lowest BCUT2D eigenvalue weighted by molar-refractivity contribution is -0.139. The minimum Gasteiger partial charge on any atom is -0.480 e. The van der Waals surface area contributed by atoms with E-state index in [0.29, 0.717) is 6.54 Å². The van der Waals surface area contributed by atoms with Gasteiger partial charge in [0.2, 0.25) is 0 Å². The molecule has 0 spiro atoms. The van der Waals surface area contributed by atoms with Gasteiger partial charge in [-0.25, -0.2) is 9.59 Å². The molecule has 0 aliphatic carbocycles. The average molecular weight is 345 g/mol. The van der Waals surface area contributed by atoms with Crippen molar-refractivity contribution < 1.29 is 19.8 Å². The largest absolute Gasteiger partial charge is 0.480 e. The molecule has 0 bridgehead atoms. The number of aliphatic hydroxyl groups excluding tert-OH is 1. The second kappa shape index (κ2) is 7.86. The Balaban J connectivity index is 2.60. The molecule has 1 aromatic carbocycles. The van der Waals surface area contributed by atoms with Gasteiger partial charge >= 0.3 is 12.0 Å². The maximum absolute atomic E-state index is 11.9. The number of hydrogen-bond donors (Lipinski definition) is 3. The summed E-state index contributed by atoms with van der Waals surface area (Å²) in [4.78, 5) is 24.2. The molecular formula is C13H17BrN2O4. The number of carbonyl (C=O) groups excluding carboxylic acids is 1. The Labute approximate surface area is 125 Å². The van der Waals surface area contributed by atoms with Crippen molar-refractivity contribution in [1.29, 1.82) is 0 Å². The molecule has 6 nitrogen and oxygen atoms in total. The van der Waals surface area contributed by atoms with E-state index in [2.05, 4.69) is 21.2 Å². The van der Waals surface area contributed by atoms with Gasteiger partial charge in [0.05, 0.1) is 0 Å². The van der Waals surface area contributed by atoms with Crippen molar-refractivity contribution in [2.75, 3.05) is 13.7 Å². The van der Waals surface area contributed by atoms with Gasteiger partial charge in [-0.2, -0.15) is 0 Å². The normalized spacial score (nSPS) is 11.8. The predicted molar refractivity (Wildman–Crippen MR) is 77.3 cm³/mol. The summed E-state index contributed by atoms with van der Waals surface area (Å²) >= 11 is 3.34. The maximum atomic E-state index is 11.9. The molecule has 110 valence electrons. The van der Waals surface area contributed by atoms with Crippen LogP contribution in [0.25, 0.3) is 0 Å². The molecule has 0 aromatic heterocycles. The van der Waals surface area contributed by atoms with Gasteiger partial charge in [-0.05, 0) is 17.7 Å². The highest BCUT2D eigenvalue weighted by Crippen LogP contribution is 2.13. The van der Waals surface area contributed by atoms with Crippen molar-refractivity contribution in [3.63, 3.8) is 0 Å². The van der Waals surface area contributed by atoms with Crippen molar-refractivity contribution in [2.24, 2.45) is 0 Å². The number of carboxylic acid groups (broad SMARTS) is 1. The van der Waals surface area contributed by atoms with Gasteiger partial charge < -0.3 is 20.4 Å². The standard InChI is InChI=1S/C13H17BrN2O4/c1-16(8-9-3-2-4-10(14)7-9)13(20)15-11(5-6-17)12(18)19/h2-4,7,11,17H,5-6,8H2,1H3,(H,15,20)(H,18,19)/t11-/m1/s1. The molecule has 0 saturated carbocycles. The Morgan fingerprint density at radius 2 is 2.15 bits per heavy atom. The van der Waals surface area contributed by atoms with Gasteiger partial charge in [0.1, 0.15) is 6.04 Å². The molecule has 20 heavy (non-hydrogen) atoms. The summed E-state index contributed by atoms with van der Waals surface area (Å²) < 4.78 is 0.910.